The van der Waals surface area contributed by atoms with Crippen molar-refractivity contribution in [1.82, 2.24) is 9.97 Å². The van der Waals surface area contributed by atoms with E-state index in [2.05, 4.69) is 28.3 Å². The highest BCUT2D eigenvalue weighted by atomic mass is 15.1. The molecule has 3 nitrogen and oxygen atoms in total. The van der Waals surface area contributed by atoms with E-state index < -0.39 is 0 Å². The predicted octanol–water partition coefficient (Wildman–Crippen LogP) is 3.56. The fourth-order valence-corrected chi connectivity index (χ4v) is 2.64. The second-order valence-electron chi connectivity index (χ2n) is 5.16. The fourth-order valence-electron chi connectivity index (χ4n) is 2.64. The molecule has 0 amide bonds. The van der Waals surface area contributed by atoms with Crippen LogP contribution in [0.5, 0.6) is 0 Å². The summed E-state index contributed by atoms with van der Waals surface area (Å²) in [5.74, 6) is 0.908. The van der Waals surface area contributed by atoms with Crippen molar-refractivity contribution in [2.45, 2.75) is 32.6 Å². The number of rotatable bonds is 4. The Balaban J connectivity index is 1.72. The van der Waals surface area contributed by atoms with Crippen LogP contribution in [-0.4, -0.2) is 16.5 Å². The van der Waals surface area contributed by atoms with Gasteiger partial charge >= 0.3 is 0 Å². The van der Waals surface area contributed by atoms with E-state index >= 15 is 0 Å². The van der Waals surface area contributed by atoms with E-state index in [4.69, 9.17) is 0 Å². The van der Waals surface area contributed by atoms with Crippen LogP contribution in [0.25, 0.3) is 11.0 Å². The normalized spacial score (nSPS) is 17.9. The molecule has 0 unspecified atom stereocenters. The van der Waals surface area contributed by atoms with Gasteiger partial charge in [0.2, 0.25) is 5.95 Å². The molecule has 1 fully saturated rings. The summed E-state index contributed by atoms with van der Waals surface area (Å²) in [5, 5.41) is 3.46. The first kappa shape index (κ1) is 10.6. The number of imidazole rings is 1. The van der Waals surface area contributed by atoms with Gasteiger partial charge in [-0.2, -0.15) is 0 Å². The van der Waals surface area contributed by atoms with E-state index in [0.29, 0.717) is 5.41 Å². The number of benzene rings is 1. The molecule has 3 heteroatoms. The van der Waals surface area contributed by atoms with Gasteiger partial charge in [-0.05, 0) is 36.8 Å². The van der Waals surface area contributed by atoms with Gasteiger partial charge in [0, 0.05) is 6.54 Å². The first-order valence-corrected chi connectivity index (χ1v) is 6.50. The topological polar surface area (TPSA) is 40.7 Å². The third-order valence-corrected chi connectivity index (χ3v) is 4.18. The highest BCUT2D eigenvalue weighted by Gasteiger charge is 2.34. The van der Waals surface area contributed by atoms with Crippen LogP contribution in [0.3, 0.4) is 0 Å². The molecule has 0 saturated heterocycles. The number of aromatic amines is 1. The molecule has 0 aliphatic heterocycles. The Hall–Kier alpha value is -1.51. The molecular formula is C14H19N3. The van der Waals surface area contributed by atoms with Gasteiger partial charge in [-0.1, -0.05) is 25.5 Å². The summed E-state index contributed by atoms with van der Waals surface area (Å²) >= 11 is 0. The Labute approximate surface area is 102 Å². The van der Waals surface area contributed by atoms with Crippen molar-refractivity contribution in [3.63, 3.8) is 0 Å². The maximum Gasteiger partial charge on any atom is 0.201 e. The van der Waals surface area contributed by atoms with E-state index in [9.17, 15) is 0 Å². The highest BCUT2D eigenvalue weighted by molar-refractivity contribution is 5.77. The van der Waals surface area contributed by atoms with Gasteiger partial charge in [-0.3, -0.25) is 0 Å². The second-order valence-corrected chi connectivity index (χ2v) is 5.16. The lowest BCUT2D eigenvalue weighted by Gasteiger charge is -2.41. The van der Waals surface area contributed by atoms with Crippen LogP contribution in [0.1, 0.15) is 32.6 Å². The van der Waals surface area contributed by atoms with Crippen molar-refractivity contribution < 1.29 is 0 Å². The zero-order chi connectivity index (χ0) is 11.7. The van der Waals surface area contributed by atoms with Gasteiger partial charge in [-0.25, -0.2) is 4.98 Å². The Morgan fingerprint density at radius 3 is 2.82 bits per heavy atom. The molecule has 1 aliphatic rings. The van der Waals surface area contributed by atoms with Crippen molar-refractivity contribution in [3.05, 3.63) is 24.3 Å². The number of fused-ring (bicyclic) bond motifs is 1. The number of aromatic nitrogens is 2. The van der Waals surface area contributed by atoms with E-state index in [0.717, 1.165) is 23.5 Å². The number of nitrogens with one attached hydrogen (secondary N) is 2. The van der Waals surface area contributed by atoms with Crippen LogP contribution in [0, 0.1) is 5.41 Å². The lowest BCUT2D eigenvalue weighted by atomic mass is 9.67. The number of anilines is 1. The second kappa shape index (κ2) is 4.06. The van der Waals surface area contributed by atoms with E-state index in [1.54, 1.807) is 0 Å². The molecule has 0 atom stereocenters. The number of hydrogen-bond donors (Lipinski definition) is 2. The summed E-state index contributed by atoms with van der Waals surface area (Å²) in [5.41, 5.74) is 2.67. The molecule has 1 aromatic carbocycles. The number of hydrogen-bond acceptors (Lipinski definition) is 2. The van der Waals surface area contributed by atoms with Gasteiger partial charge in [0.25, 0.3) is 0 Å². The molecule has 2 N–H and O–H groups in total. The molecular weight excluding hydrogens is 210 g/mol. The summed E-state index contributed by atoms with van der Waals surface area (Å²) in [6.45, 7) is 3.34. The minimum Gasteiger partial charge on any atom is -0.355 e. The third-order valence-electron chi connectivity index (χ3n) is 4.18. The largest absolute Gasteiger partial charge is 0.355 e. The molecule has 90 valence electrons. The molecule has 0 bridgehead atoms. The van der Waals surface area contributed by atoms with Gasteiger partial charge in [0.1, 0.15) is 0 Å². The summed E-state index contributed by atoms with van der Waals surface area (Å²) in [4.78, 5) is 7.86. The van der Waals surface area contributed by atoms with Crippen LogP contribution >= 0.6 is 0 Å². The summed E-state index contributed by atoms with van der Waals surface area (Å²) in [6.07, 6.45) is 5.36. The third kappa shape index (κ3) is 1.90. The van der Waals surface area contributed by atoms with Crippen molar-refractivity contribution in [2.24, 2.45) is 5.41 Å². The van der Waals surface area contributed by atoms with Crippen molar-refractivity contribution in [2.75, 3.05) is 11.9 Å². The zero-order valence-corrected chi connectivity index (χ0v) is 10.3. The summed E-state index contributed by atoms with van der Waals surface area (Å²) < 4.78 is 0. The average Bonchev–Trinajstić information content (AvgIpc) is 2.71. The number of para-hydroxylation sites is 2. The molecule has 0 spiro atoms. The summed E-state index contributed by atoms with van der Waals surface area (Å²) in [6, 6.07) is 8.15. The quantitative estimate of drug-likeness (QED) is 0.841. The van der Waals surface area contributed by atoms with Crippen LogP contribution in [0.2, 0.25) is 0 Å². The standard InChI is InChI=1S/C14H19N3/c1-2-14(8-5-9-14)10-15-13-16-11-6-3-4-7-12(11)17-13/h3-4,6-7H,2,5,8-10H2,1H3,(H2,15,16,17). The summed E-state index contributed by atoms with van der Waals surface area (Å²) in [7, 11) is 0. The molecule has 1 aliphatic carbocycles. The Bertz CT molecular complexity index is 472. The van der Waals surface area contributed by atoms with Gasteiger partial charge in [0.05, 0.1) is 11.0 Å². The number of nitrogens with zero attached hydrogens (tertiary/aromatic N) is 1. The van der Waals surface area contributed by atoms with Crippen molar-refractivity contribution in [1.29, 1.82) is 0 Å². The van der Waals surface area contributed by atoms with Crippen LogP contribution in [-0.2, 0) is 0 Å². The SMILES string of the molecule is CCC1(CNc2nc3ccccc3[nH]2)CCC1. The van der Waals surface area contributed by atoms with Crippen LogP contribution in [0.15, 0.2) is 24.3 Å². The smallest absolute Gasteiger partial charge is 0.201 e. The van der Waals surface area contributed by atoms with E-state index in [1.165, 1.54) is 25.7 Å². The lowest BCUT2D eigenvalue weighted by Crippen LogP contribution is -2.36. The molecule has 0 radical (unpaired) electrons. The van der Waals surface area contributed by atoms with E-state index in [-0.39, 0.29) is 0 Å². The lowest BCUT2D eigenvalue weighted by molar-refractivity contribution is 0.145. The minimum absolute atomic E-state index is 0.527. The first-order valence-electron chi connectivity index (χ1n) is 6.50. The molecule has 1 aromatic heterocycles. The van der Waals surface area contributed by atoms with Crippen molar-refractivity contribution in [3.8, 4) is 0 Å². The maximum atomic E-state index is 4.54. The Kier molecular flexibility index (Phi) is 2.54. The monoisotopic (exact) mass is 229 g/mol. The Morgan fingerprint density at radius 2 is 2.18 bits per heavy atom. The average molecular weight is 229 g/mol. The van der Waals surface area contributed by atoms with E-state index in [1.807, 2.05) is 18.2 Å². The molecule has 2 aromatic rings. The Morgan fingerprint density at radius 1 is 1.35 bits per heavy atom. The fraction of sp³-hybridized carbons (Fsp3) is 0.500. The highest BCUT2D eigenvalue weighted by Crippen LogP contribution is 2.43. The van der Waals surface area contributed by atoms with Crippen molar-refractivity contribution >= 4 is 17.0 Å². The molecule has 1 saturated carbocycles. The zero-order valence-electron chi connectivity index (χ0n) is 10.3. The van der Waals surface area contributed by atoms with Crippen LogP contribution < -0.4 is 5.32 Å². The van der Waals surface area contributed by atoms with Crippen LogP contribution in [0.4, 0.5) is 5.95 Å². The molecule has 1 heterocycles. The molecule has 17 heavy (non-hydrogen) atoms. The first-order chi connectivity index (χ1) is 8.31. The molecule has 3 rings (SSSR count). The number of H-pyrrole nitrogens is 1. The van der Waals surface area contributed by atoms with Gasteiger partial charge < -0.3 is 10.3 Å². The maximum absolute atomic E-state index is 4.54. The predicted molar refractivity (Wildman–Crippen MR) is 71.2 cm³/mol. The van der Waals surface area contributed by atoms with Gasteiger partial charge in [-0.15, -0.1) is 0 Å². The minimum atomic E-state index is 0.527. The van der Waals surface area contributed by atoms with Gasteiger partial charge in [0.15, 0.2) is 0 Å².